The van der Waals surface area contributed by atoms with Crippen LogP contribution in [0.4, 0.5) is 5.69 Å². The van der Waals surface area contributed by atoms with Gasteiger partial charge in [0.15, 0.2) is 0 Å². The predicted molar refractivity (Wildman–Crippen MR) is 79.2 cm³/mol. The zero-order chi connectivity index (χ0) is 13.1. The highest BCUT2D eigenvalue weighted by Crippen LogP contribution is 2.23. The number of fused-ring (bicyclic) bond motifs is 1. The molecule has 96 valence electrons. The van der Waals surface area contributed by atoms with Crippen LogP contribution in [0.15, 0.2) is 54.9 Å². The smallest absolute Gasteiger partial charge is 0.128 e. The van der Waals surface area contributed by atoms with Crippen molar-refractivity contribution in [3.05, 3.63) is 60.7 Å². The van der Waals surface area contributed by atoms with Crippen LogP contribution in [-0.4, -0.2) is 9.97 Å². The van der Waals surface area contributed by atoms with Gasteiger partial charge in [-0.3, -0.25) is 0 Å². The van der Waals surface area contributed by atoms with Gasteiger partial charge in [0, 0.05) is 18.1 Å². The molecule has 0 aliphatic heterocycles. The van der Waals surface area contributed by atoms with Crippen LogP contribution in [0, 0.1) is 0 Å². The third-order valence-electron chi connectivity index (χ3n) is 3.35. The quantitative estimate of drug-likeness (QED) is 0.732. The fourth-order valence-corrected chi connectivity index (χ4v) is 2.31. The number of benzene rings is 2. The maximum Gasteiger partial charge on any atom is 0.128 e. The van der Waals surface area contributed by atoms with E-state index in [4.69, 9.17) is 0 Å². The summed E-state index contributed by atoms with van der Waals surface area (Å²) in [6.45, 7) is 2.15. The molecule has 0 saturated carbocycles. The van der Waals surface area contributed by atoms with Gasteiger partial charge in [0.2, 0.25) is 0 Å². The number of hydrogen-bond donors (Lipinski definition) is 2. The van der Waals surface area contributed by atoms with E-state index < -0.39 is 0 Å². The van der Waals surface area contributed by atoms with Gasteiger partial charge in [0.1, 0.15) is 5.82 Å². The van der Waals surface area contributed by atoms with Crippen molar-refractivity contribution in [2.45, 2.75) is 19.4 Å². The molecule has 1 aromatic heterocycles. The Hall–Kier alpha value is -2.29. The molecule has 1 heterocycles. The molecule has 3 heteroatoms. The van der Waals surface area contributed by atoms with E-state index in [9.17, 15) is 0 Å². The monoisotopic (exact) mass is 251 g/mol. The number of anilines is 1. The van der Waals surface area contributed by atoms with Gasteiger partial charge in [-0.15, -0.1) is 0 Å². The second-order valence-electron chi connectivity index (χ2n) is 4.64. The van der Waals surface area contributed by atoms with Gasteiger partial charge in [-0.1, -0.05) is 37.3 Å². The molecule has 0 fully saturated rings. The minimum absolute atomic E-state index is 0.219. The van der Waals surface area contributed by atoms with Gasteiger partial charge in [-0.2, -0.15) is 0 Å². The summed E-state index contributed by atoms with van der Waals surface area (Å²) in [4.78, 5) is 7.50. The summed E-state index contributed by atoms with van der Waals surface area (Å²) in [5, 5.41) is 6.04. The van der Waals surface area contributed by atoms with Crippen molar-refractivity contribution < 1.29 is 0 Å². The molecular formula is C16H17N3. The Morgan fingerprint density at radius 3 is 2.74 bits per heavy atom. The molecule has 1 atom stereocenters. The zero-order valence-electron chi connectivity index (χ0n) is 10.9. The van der Waals surface area contributed by atoms with Crippen LogP contribution >= 0.6 is 0 Å². The first-order valence-electron chi connectivity index (χ1n) is 6.61. The third kappa shape index (κ3) is 2.45. The number of H-pyrrole nitrogens is 1. The summed E-state index contributed by atoms with van der Waals surface area (Å²) in [6.07, 6.45) is 4.64. The van der Waals surface area contributed by atoms with Crippen molar-refractivity contribution in [1.29, 1.82) is 0 Å². The Labute approximate surface area is 112 Å². The van der Waals surface area contributed by atoms with E-state index in [1.807, 2.05) is 6.20 Å². The molecule has 2 aromatic carbocycles. The normalized spacial score (nSPS) is 12.5. The maximum atomic E-state index is 4.33. The number of rotatable bonds is 4. The van der Waals surface area contributed by atoms with Gasteiger partial charge in [-0.25, -0.2) is 4.98 Å². The van der Waals surface area contributed by atoms with Gasteiger partial charge in [-0.05, 0) is 29.3 Å². The second kappa shape index (κ2) is 5.14. The Bertz CT molecular complexity index is 659. The van der Waals surface area contributed by atoms with E-state index in [0.717, 1.165) is 17.9 Å². The van der Waals surface area contributed by atoms with Crippen LogP contribution in [-0.2, 0) is 0 Å². The van der Waals surface area contributed by atoms with Crippen molar-refractivity contribution in [1.82, 2.24) is 9.97 Å². The predicted octanol–water partition coefficient (Wildman–Crippen LogP) is 4.13. The molecule has 0 saturated heterocycles. The molecule has 3 rings (SSSR count). The molecule has 0 radical (unpaired) electrons. The molecule has 0 aliphatic rings. The van der Waals surface area contributed by atoms with Gasteiger partial charge in [0.05, 0.1) is 6.04 Å². The summed E-state index contributed by atoms with van der Waals surface area (Å²) in [6, 6.07) is 15.1. The topological polar surface area (TPSA) is 40.7 Å². The highest BCUT2D eigenvalue weighted by atomic mass is 15.0. The average molecular weight is 251 g/mol. The summed E-state index contributed by atoms with van der Waals surface area (Å²) < 4.78 is 0. The summed E-state index contributed by atoms with van der Waals surface area (Å²) in [7, 11) is 0. The fourth-order valence-electron chi connectivity index (χ4n) is 2.31. The van der Waals surface area contributed by atoms with E-state index in [0.29, 0.717) is 0 Å². The minimum Gasteiger partial charge on any atom is -0.375 e. The van der Waals surface area contributed by atoms with Crippen LogP contribution in [0.1, 0.15) is 25.2 Å². The number of hydrogen-bond acceptors (Lipinski definition) is 2. The van der Waals surface area contributed by atoms with E-state index in [2.05, 4.69) is 64.7 Å². The molecule has 3 aromatic rings. The van der Waals surface area contributed by atoms with Gasteiger partial charge < -0.3 is 10.3 Å². The van der Waals surface area contributed by atoms with Crippen molar-refractivity contribution in [2.75, 3.05) is 5.32 Å². The SMILES string of the molecule is CCC(Nc1ccc2ccccc2c1)c1ncc[nH]1. The Morgan fingerprint density at radius 2 is 2.00 bits per heavy atom. The highest BCUT2D eigenvalue weighted by molar-refractivity contribution is 5.85. The lowest BCUT2D eigenvalue weighted by atomic mass is 10.1. The highest BCUT2D eigenvalue weighted by Gasteiger charge is 2.11. The van der Waals surface area contributed by atoms with Crippen molar-refractivity contribution >= 4 is 16.5 Å². The molecule has 3 nitrogen and oxygen atoms in total. The van der Waals surface area contributed by atoms with Gasteiger partial charge in [0.25, 0.3) is 0 Å². The molecular weight excluding hydrogens is 234 g/mol. The fraction of sp³-hybridized carbons (Fsp3) is 0.188. The minimum atomic E-state index is 0.219. The van der Waals surface area contributed by atoms with Crippen molar-refractivity contribution in [3.63, 3.8) is 0 Å². The molecule has 0 spiro atoms. The lowest BCUT2D eigenvalue weighted by molar-refractivity contribution is 0.704. The number of imidazole rings is 1. The van der Waals surface area contributed by atoms with E-state index in [1.54, 1.807) is 6.20 Å². The first-order valence-corrected chi connectivity index (χ1v) is 6.61. The van der Waals surface area contributed by atoms with Gasteiger partial charge >= 0.3 is 0 Å². The zero-order valence-corrected chi connectivity index (χ0v) is 10.9. The van der Waals surface area contributed by atoms with Crippen LogP contribution in [0.2, 0.25) is 0 Å². The summed E-state index contributed by atoms with van der Waals surface area (Å²) >= 11 is 0. The average Bonchev–Trinajstić information content (AvgIpc) is 2.98. The van der Waals surface area contributed by atoms with E-state index in [-0.39, 0.29) is 6.04 Å². The third-order valence-corrected chi connectivity index (χ3v) is 3.35. The first kappa shape index (κ1) is 11.8. The number of aromatic amines is 1. The number of nitrogens with one attached hydrogen (secondary N) is 2. The van der Waals surface area contributed by atoms with Crippen LogP contribution in [0.5, 0.6) is 0 Å². The molecule has 1 unspecified atom stereocenters. The number of aromatic nitrogens is 2. The molecule has 0 amide bonds. The lowest BCUT2D eigenvalue weighted by Crippen LogP contribution is -2.11. The van der Waals surface area contributed by atoms with Crippen LogP contribution < -0.4 is 5.32 Å². The lowest BCUT2D eigenvalue weighted by Gasteiger charge is -2.16. The van der Waals surface area contributed by atoms with Crippen molar-refractivity contribution in [2.24, 2.45) is 0 Å². The van der Waals surface area contributed by atoms with E-state index >= 15 is 0 Å². The Balaban J connectivity index is 1.88. The molecule has 19 heavy (non-hydrogen) atoms. The number of nitrogens with zero attached hydrogens (tertiary/aromatic N) is 1. The Morgan fingerprint density at radius 1 is 1.16 bits per heavy atom. The second-order valence-corrected chi connectivity index (χ2v) is 4.64. The summed E-state index contributed by atoms with van der Waals surface area (Å²) in [5.74, 6) is 0.982. The van der Waals surface area contributed by atoms with Crippen LogP contribution in [0.3, 0.4) is 0 Å². The van der Waals surface area contributed by atoms with E-state index in [1.165, 1.54) is 10.8 Å². The largest absolute Gasteiger partial charge is 0.375 e. The first-order chi connectivity index (χ1) is 9.36. The standard InChI is InChI=1S/C16H17N3/c1-2-15(16-17-9-10-18-16)19-14-8-7-12-5-3-4-6-13(12)11-14/h3-11,15,19H,2H2,1H3,(H,17,18). The summed E-state index contributed by atoms with van der Waals surface area (Å²) in [5.41, 5.74) is 1.13. The molecule has 2 N–H and O–H groups in total. The molecule has 0 bridgehead atoms. The maximum absolute atomic E-state index is 4.33. The Kier molecular flexibility index (Phi) is 3.19. The van der Waals surface area contributed by atoms with Crippen LogP contribution in [0.25, 0.3) is 10.8 Å². The van der Waals surface area contributed by atoms with Crippen molar-refractivity contribution in [3.8, 4) is 0 Å². The molecule has 0 aliphatic carbocycles.